The molecule has 5 aromatic rings. The third kappa shape index (κ3) is 4.54. The highest BCUT2D eigenvalue weighted by Crippen LogP contribution is 2.37. The molecule has 40 heavy (non-hydrogen) atoms. The standard InChI is InChI=1S/C32H34N6O2/c1-20(2)30-22(4)38(28-14-13-24(17-21(28)3)37-16-15-33-32(37)40)35-31(30)25-11-8-12-27-26(25)18-36(34-27)19-29(39)23-9-6-5-7-10-23/h5-14,17-18,20,29,39H,15-16,19H2,1-4H3,(H,33,40). The van der Waals surface area contributed by atoms with E-state index < -0.39 is 6.10 Å². The molecule has 0 saturated carbocycles. The van der Waals surface area contributed by atoms with Crippen molar-refractivity contribution in [3.8, 4) is 16.9 Å². The first-order chi connectivity index (χ1) is 19.3. The van der Waals surface area contributed by atoms with Crippen LogP contribution in [-0.2, 0) is 6.54 Å². The van der Waals surface area contributed by atoms with E-state index in [4.69, 9.17) is 10.2 Å². The van der Waals surface area contributed by atoms with Gasteiger partial charge in [-0.3, -0.25) is 9.58 Å². The van der Waals surface area contributed by atoms with Crippen LogP contribution in [0.1, 0.15) is 48.3 Å². The average molecular weight is 535 g/mol. The number of aryl methyl sites for hydroxylation is 1. The second kappa shape index (κ2) is 10.3. The van der Waals surface area contributed by atoms with Gasteiger partial charge in [-0.15, -0.1) is 0 Å². The molecule has 2 N–H and O–H groups in total. The Morgan fingerprint density at radius 1 is 1.00 bits per heavy atom. The quantitative estimate of drug-likeness (QED) is 0.272. The van der Waals surface area contributed by atoms with E-state index in [0.717, 1.165) is 50.4 Å². The van der Waals surface area contributed by atoms with Crippen LogP contribution in [0.5, 0.6) is 0 Å². The molecule has 204 valence electrons. The van der Waals surface area contributed by atoms with Gasteiger partial charge in [0.25, 0.3) is 0 Å². The van der Waals surface area contributed by atoms with E-state index in [0.29, 0.717) is 19.6 Å². The predicted molar refractivity (Wildman–Crippen MR) is 158 cm³/mol. The molecule has 1 atom stereocenters. The van der Waals surface area contributed by atoms with Gasteiger partial charge >= 0.3 is 6.03 Å². The fraction of sp³-hybridized carbons (Fsp3) is 0.281. The minimum absolute atomic E-state index is 0.0586. The number of nitrogens with zero attached hydrogens (tertiary/aromatic N) is 5. The predicted octanol–water partition coefficient (Wildman–Crippen LogP) is 5.89. The van der Waals surface area contributed by atoms with Gasteiger partial charge in [0.2, 0.25) is 0 Å². The van der Waals surface area contributed by atoms with Crippen molar-refractivity contribution in [2.24, 2.45) is 0 Å². The fourth-order valence-electron chi connectivity index (χ4n) is 5.75. The molecule has 1 aliphatic heterocycles. The molecule has 1 aliphatic rings. The van der Waals surface area contributed by atoms with Crippen LogP contribution < -0.4 is 10.2 Å². The van der Waals surface area contributed by atoms with Crippen molar-refractivity contribution in [2.75, 3.05) is 18.0 Å². The number of benzene rings is 3. The second-order valence-electron chi connectivity index (χ2n) is 10.8. The smallest absolute Gasteiger partial charge is 0.321 e. The highest BCUT2D eigenvalue weighted by molar-refractivity contribution is 5.95. The molecule has 1 unspecified atom stereocenters. The zero-order valence-corrected chi connectivity index (χ0v) is 23.3. The molecular formula is C32H34N6O2. The molecule has 2 amide bonds. The SMILES string of the molecule is Cc1cc(N2CCNC2=O)ccc1-n1nc(-c2cccc3nn(CC(O)c4ccccc4)cc23)c(C(C)C)c1C. The first-order valence-corrected chi connectivity index (χ1v) is 13.8. The molecule has 0 aliphatic carbocycles. The van der Waals surface area contributed by atoms with Gasteiger partial charge in [-0.25, -0.2) is 9.48 Å². The third-order valence-electron chi connectivity index (χ3n) is 7.71. The first kappa shape index (κ1) is 25.8. The molecule has 0 bridgehead atoms. The Balaban J connectivity index is 1.40. The van der Waals surface area contributed by atoms with Crippen LogP contribution in [0.2, 0.25) is 0 Å². The highest BCUT2D eigenvalue weighted by Gasteiger charge is 2.25. The van der Waals surface area contributed by atoms with Gasteiger partial charge in [0.05, 0.1) is 29.5 Å². The van der Waals surface area contributed by atoms with Gasteiger partial charge in [-0.05, 0) is 55.2 Å². The van der Waals surface area contributed by atoms with E-state index in [-0.39, 0.29) is 11.9 Å². The molecule has 2 aromatic heterocycles. The molecular weight excluding hydrogens is 500 g/mol. The molecule has 1 saturated heterocycles. The van der Waals surface area contributed by atoms with Gasteiger partial charge in [0.1, 0.15) is 0 Å². The van der Waals surface area contributed by atoms with E-state index in [2.05, 4.69) is 45.1 Å². The van der Waals surface area contributed by atoms with Crippen molar-refractivity contribution in [2.45, 2.75) is 46.3 Å². The molecule has 8 nitrogen and oxygen atoms in total. The topological polar surface area (TPSA) is 88.2 Å². The Hall–Kier alpha value is -4.43. The normalized spacial score (nSPS) is 14.3. The Labute approximate surface area is 233 Å². The largest absolute Gasteiger partial charge is 0.386 e. The molecule has 0 radical (unpaired) electrons. The molecule has 0 spiro atoms. The Kier molecular flexibility index (Phi) is 6.64. The number of rotatable bonds is 7. The number of hydrogen-bond donors (Lipinski definition) is 2. The summed E-state index contributed by atoms with van der Waals surface area (Å²) < 4.78 is 3.85. The van der Waals surface area contributed by atoms with Crippen LogP contribution in [0.4, 0.5) is 10.5 Å². The van der Waals surface area contributed by atoms with E-state index >= 15 is 0 Å². The van der Waals surface area contributed by atoms with Gasteiger partial charge in [0, 0.05) is 47.2 Å². The van der Waals surface area contributed by atoms with Crippen LogP contribution >= 0.6 is 0 Å². The lowest BCUT2D eigenvalue weighted by Crippen LogP contribution is -2.27. The minimum atomic E-state index is -0.649. The van der Waals surface area contributed by atoms with E-state index in [1.165, 1.54) is 5.56 Å². The fourth-order valence-corrected chi connectivity index (χ4v) is 5.75. The monoisotopic (exact) mass is 534 g/mol. The summed E-state index contributed by atoms with van der Waals surface area (Å²) in [5, 5.41) is 24.6. The number of amides is 2. The lowest BCUT2D eigenvalue weighted by molar-refractivity contribution is 0.152. The van der Waals surface area contributed by atoms with Gasteiger partial charge in [0.15, 0.2) is 0 Å². The second-order valence-corrected chi connectivity index (χ2v) is 10.8. The van der Waals surface area contributed by atoms with Crippen LogP contribution in [-0.4, -0.2) is 43.8 Å². The number of hydrogen-bond acceptors (Lipinski definition) is 4. The number of aliphatic hydroxyl groups excluding tert-OH is 1. The van der Waals surface area contributed by atoms with E-state index in [1.807, 2.05) is 70.2 Å². The summed E-state index contributed by atoms with van der Waals surface area (Å²) in [7, 11) is 0. The minimum Gasteiger partial charge on any atom is -0.386 e. The van der Waals surface area contributed by atoms with Gasteiger partial charge < -0.3 is 10.4 Å². The average Bonchev–Trinajstić information content (AvgIpc) is 3.65. The summed E-state index contributed by atoms with van der Waals surface area (Å²) in [5.74, 6) is 0.252. The highest BCUT2D eigenvalue weighted by atomic mass is 16.3. The van der Waals surface area contributed by atoms with Crippen molar-refractivity contribution in [3.05, 3.63) is 95.3 Å². The maximum Gasteiger partial charge on any atom is 0.321 e. The molecule has 8 heteroatoms. The summed E-state index contributed by atoms with van der Waals surface area (Å²) in [6, 6.07) is 21.8. The van der Waals surface area contributed by atoms with Crippen LogP contribution in [0.15, 0.2) is 72.9 Å². The maximum absolute atomic E-state index is 12.2. The van der Waals surface area contributed by atoms with Crippen molar-refractivity contribution in [1.82, 2.24) is 24.9 Å². The summed E-state index contributed by atoms with van der Waals surface area (Å²) in [6.45, 7) is 10.3. The van der Waals surface area contributed by atoms with Gasteiger partial charge in [-0.2, -0.15) is 10.2 Å². The number of carbonyl (C=O) groups is 1. The van der Waals surface area contributed by atoms with Crippen molar-refractivity contribution in [3.63, 3.8) is 0 Å². The summed E-state index contributed by atoms with van der Waals surface area (Å²) >= 11 is 0. The van der Waals surface area contributed by atoms with Crippen molar-refractivity contribution >= 4 is 22.6 Å². The van der Waals surface area contributed by atoms with Crippen LogP contribution in [0.3, 0.4) is 0 Å². The van der Waals surface area contributed by atoms with E-state index in [9.17, 15) is 9.90 Å². The number of urea groups is 1. The van der Waals surface area contributed by atoms with Gasteiger partial charge in [-0.1, -0.05) is 56.3 Å². The number of fused-ring (bicyclic) bond motifs is 1. The summed E-state index contributed by atoms with van der Waals surface area (Å²) in [5.41, 5.74) is 8.88. The lowest BCUT2D eigenvalue weighted by Gasteiger charge is -2.17. The first-order valence-electron chi connectivity index (χ1n) is 13.8. The summed E-state index contributed by atoms with van der Waals surface area (Å²) in [4.78, 5) is 14.0. The van der Waals surface area contributed by atoms with Crippen molar-refractivity contribution < 1.29 is 9.90 Å². The Morgan fingerprint density at radius 2 is 1.80 bits per heavy atom. The number of aromatic nitrogens is 4. The third-order valence-corrected chi connectivity index (χ3v) is 7.71. The van der Waals surface area contributed by atoms with Crippen LogP contribution in [0.25, 0.3) is 27.8 Å². The molecule has 1 fully saturated rings. The zero-order chi connectivity index (χ0) is 28.0. The number of carbonyl (C=O) groups excluding carboxylic acids is 1. The number of nitrogens with one attached hydrogen (secondary N) is 1. The molecule has 6 rings (SSSR count). The van der Waals surface area contributed by atoms with E-state index in [1.54, 1.807) is 4.90 Å². The summed E-state index contributed by atoms with van der Waals surface area (Å²) in [6.07, 6.45) is 1.36. The zero-order valence-electron chi connectivity index (χ0n) is 23.3. The molecule has 3 heterocycles. The van der Waals surface area contributed by atoms with Crippen molar-refractivity contribution in [1.29, 1.82) is 0 Å². The Bertz CT molecular complexity index is 1700. The number of aliphatic hydroxyl groups is 1. The maximum atomic E-state index is 12.2. The molecule has 3 aromatic carbocycles. The number of anilines is 1. The Morgan fingerprint density at radius 3 is 2.50 bits per heavy atom. The van der Waals surface area contributed by atoms with Crippen LogP contribution in [0, 0.1) is 13.8 Å². The lowest BCUT2D eigenvalue weighted by atomic mass is 9.95.